The molecule has 10 nitrogen and oxygen atoms in total. The van der Waals surface area contributed by atoms with Gasteiger partial charge < -0.3 is 15.0 Å². The summed E-state index contributed by atoms with van der Waals surface area (Å²) in [6.45, 7) is 4.21. The first-order valence-electron chi connectivity index (χ1n) is 13.1. The molecule has 0 atom stereocenters. The minimum atomic E-state index is -3.27. The quantitative estimate of drug-likeness (QED) is 0.416. The molecule has 2 aromatic heterocycles. The molecule has 0 spiro atoms. The number of nitrogens with one attached hydrogen (secondary N) is 2. The Labute approximate surface area is 220 Å². The lowest BCUT2D eigenvalue weighted by molar-refractivity contribution is 0.122. The minimum Gasteiger partial charge on any atom is -0.378 e. The molecular weight excluding hydrogens is 516 g/mol. The number of aromatic nitrogens is 4. The summed E-state index contributed by atoms with van der Waals surface area (Å²) in [6.07, 6.45) is 0.639. The normalized spacial score (nSPS) is 20.8. The Morgan fingerprint density at radius 2 is 1.71 bits per heavy atom. The Morgan fingerprint density at radius 3 is 2.42 bits per heavy atom. The fraction of sp³-hybridized carbons (Fsp3) is 0.560. The third-order valence-corrected chi connectivity index (χ3v) is 8.56. The van der Waals surface area contributed by atoms with Gasteiger partial charge in [0.1, 0.15) is 11.6 Å². The van der Waals surface area contributed by atoms with Crippen molar-refractivity contribution in [1.82, 2.24) is 24.2 Å². The van der Waals surface area contributed by atoms with Crippen LogP contribution >= 0.6 is 0 Å². The third-order valence-electron chi connectivity index (χ3n) is 6.92. The number of ether oxygens (including phenoxy) is 1. The molecule has 0 radical (unpaired) electrons. The van der Waals surface area contributed by atoms with Gasteiger partial charge in [0.25, 0.3) is 6.43 Å². The standard InChI is InChI=1S/C25H33F2N7O3S/c1-2-15-38(35,36)32-18-9-7-17(8-10-18)28-25-30-21(33-11-13-37-14-12-33)16-22(31-25)34-20-6-4-3-5-19(20)29-24(34)23(26)27/h3-6,16-18,23,32H,2,7-15H2,1H3,(H,28,30,31). The summed E-state index contributed by atoms with van der Waals surface area (Å²) in [5.41, 5.74) is 1.01. The Morgan fingerprint density at radius 1 is 1.03 bits per heavy atom. The predicted molar refractivity (Wildman–Crippen MR) is 142 cm³/mol. The molecule has 13 heteroatoms. The van der Waals surface area contributed by atoms with Crippen molar-refractivity contribution in [3.63, 3.8) is 0 Å². The summed E-state index contributed by atoms with van der Waals surface area (Å²) in [5.74, 6) is 1.04. The first-order valence-corrected chi connectivity index (χ1v) is 14.7. The maximum atomic E-state index is 14.1. The Hall–Kier alpha value is -2.90. The van der Waals surface area contributed by atoms with Crippen LogP contribution in [0.2, 0.25) is 0 Å². The number of rotatable bonds is 9. The van der Waals surface area contributed by atoms with Crippen LogP contribution in [0, 0.1) is 0 Å². The molecule has 1 aliphatic carbocycles. The van der Waals surface area contributed by atoms with E-state index in [-0.39, 0.29) is 23.7 Å². The van der Waals surface area contributed by atoms with Crippen LogP contribution in [0.4, 0.5) is 20.5 Å². The number of sulfonamides is 1. The molecule has 0 unspecified atom stereocenters. The number of anilines is 2. The van der Waals surface area contributed by atoms with Crippen LogP contribution < -0.4 is 14.9 Å². The van der Waals surface area contributed by atoms with Crippen LogP contribution in [0.15, 0.2) is 30.3 Å². The third kappa shape index (κ3) is 6.05. The monoisotopic (exact) mass is 549 g/mol. The lowest BCUT2D eigenvalue weighted by Crippen LogP contribution is -2.41. The number of morpholine rings is 1. The van der Waals surface area contributed by atoms with Gasteiger partial charge in [-0.3, -0.25) is 4.57 Å². The van der Waals surface area contributed by atoms with E-state index in [9.17, 15) is 17.2 Å². The van der Waals surface area contributed by atoms with Gasteiger partial charge in [0.05, 0.1) is 30.0 Å². The molecule has 0 bridgehead atoms. The maximum absolute atomic E-state index is 14.1. The average Bonchev–Trinajstić information content (AvgIpc) is 3.30. The lowest BCUT2D eigenvalue weighted by Gasteiger charge is -2.31. The van der Waals surface area contributed by atoms with E-state index in [1.54, 1.807) is 30.3 Å². The number of alkyl halides is 2. The van der Waals surface area contributed by atoms with E-state index in [4.69, 9.17) is 9.72 Å². The zero-order valence-corrected chi connectivity index (χ0v) is 22.1. The summed E-state index contributed by atoms with van der Waals surface area (Å²) in [5, 5.41) is 3.39. The van der Waals surface area contributed by atoms with Crippen molar-refractivity contribution in [3.8, 4) is 5.82 Å². The van der Waals surface area contributed by atoms with Gasteiger partial charge >= 0.3 is 0 Å². The van der Waals surface area contributed by atoms with Crippen molar-refractivity contribution in [2.24, 2.45) is 0 Å². The lowest BCUT2D eigenvalue weighted by atomic mass is 9.92. The molecule has 2 N–H and O–H groups in total. The molecule has 1 aliphatic heterocycles. The smallest absolute Gasteiger partial charge is 0.296 e. The van der Waals surface area contributed by atoms with Crippen LogP contribution in [0.1, 0.15) is 51.3 Å². The second kappa shape index (κ2) is 11.5. The van der Waals surface area contributed by atoms with Gasteiger partial charge in [-0.05, 0) is 44.2 Å². The van der Waals surface area contributed by atoms with E-state index in [2.05, 4.69) is 24.9 Å². The fourth-order valence-corrected chi connectivity index (χ4v) is 6.51. The van der Waals surface area contributed by atoms with Crippen LogP contribution in [0.3, 0.4) is 0 Å². The van der Waals surface area contributed by atoms with E-state index in [1.807, 2.05) is 6.92 Å². The highest BCUT2D eigenvalue weighted by Crippen LogP contribution is 2.30. The van der Waals surface area contributed by atoms with E-state index in [0.29, 0.717) is 74.2 Å². The number of halogens is 2. The molecule has 1 aromatic carbocycles. The van der Waals surface area contributed by atoms with Gasteiger partial charge in [0.15, 0.2) is 5.82 Å². The summed E-state index contributed by atoms with van der Waals surface area (Å²) in [7, 11) is -3.27. The fourth-order valence-electron chi connectivity index (χ4n) is 5.11. The van der Waals surface area contributed by atoms with Crippen LogP contribution in [0.5, 0.6) is 0 Å². The topological polar surface area (TPSA) is 114 Å². The molecular formula is C25H33F2N7O3S. The van der Waals surface area contributed by atoms with Crippen molar-refractivity contribution in [1.29, 1.82) is 0 Å². The number of hydrogen-bond acceptors (Lipinski definition) is 8. The van der Waals surface area contributed by atoms with E-state index < -0.39 is 16.4 Å². The Bertz CT molecular complexity index is 1350. The molecule has 3 aromatic rings. The maximum Gasteiger partial charge on any atom is 0.296 e. The number of para-hydroxylation sites is 2. The molecule has 3 heterocycles. The summed E-state index contributed by atoms with van der Waals surface area (Å²) < 4.78 is 62.1. The molecule has 206 valence electrons. The van der Waals surface area contributed by atoms with Crippen molar-refractivity contribution < 1.29 is 21.9 Å². The second-order valence-corrected chi connectivity index (χ2v) is 11.6. The van der Waals surface area contributed by atoms with Crippen molar-refractivity contribution in [3.05, 3.63) is 36.2 Å². The molecule has 2 fully saturated rings. The largest absolute Gasteiger partial charge is 0.378 e. The molecule has 2 aliphatic rings. The van der Waals surface area contributed by atoms with Crippen molar-refractivity contribution in [2.75, 3.05) is 42.3 Å². The van der Waals surface area contributed by atoms with Crippen LogP contribution in [-0.2, 0) is 14.8 Å². The van der Waals surface area contributed by atoms with Gasteiger partial charge in [-0.2, -0.15) is 9.97 Å². The van der Waals surface area contributed by atoms with Crippen LogP contribution in [0.25, 0.3) is 16.9 Å². The molecule has 5 rings (SSSR count). The number of hydrogen-bond donors (Lipinski definition) is 2. The van der Waals surface area contributed by atoms with Gasteiger partial charge in [0, 0.05) is 31.2 Å². The van der Waals surface area contributed by atoms with Gasteiger partial charge in [-0.15, -0.1) is 0 Å². The summed E-state index contributed by atoms with van der Waals surface area (Å²) in [6, 6.07) is 8.66. The van der Waals surface area contributed by atoms with Gasteiger partial charge in [0.2, 0.25) is 16.0 Å². The summed E-state index contributed by atoms with van der Waals surface area (Å²) in [4.78, 5) is 15.6. The Balaban J connectivity index is 1.43. The average molecular weight is 550 g/mol. The Kier molecular flexibility index (Phi) is 8.05. The number of imidazole rings is 1. The summed E-state index contributed by atoms with van der Waals surface area (Å²) >= 11 is 0. The molecule has 38 heavy (non-hydrogen) atoms. The molecule has 1 saturated heterocycles. The number of benzene rings is 1. The number of fused-ring (bicyclic) bond motifs is 1. The second-order valence-electron chi connectivity index (χ2n) is 9.73. The predicted octanol–water partition coefficient (Wildman–Crippen LogP) is 3.64. The van der Waals surface area contributed by atoms with Crippen molar-refractivity contribution in [2.45, 2.75) is 57.5 Å². The van der Waals surface area contributed by atoms with Crippen molar-refractivity contribution >= 4 is 32.8 Å². The molecule has 0 amide bonds. The minimum absolute atomic E-state index is 0.0313. The highest BCUT2D eigenvalue weighted by molar-refractivity contribution is 7.89. The van der Waals surface area contributed by atoms with E-state index in [1.165, 1.54) is 4.57 Å². The van der Waals surface area contributed by atoms with E-state index in [0.717, 1.165) is 12.8 Å². The first kappa shape index (κ1) is 26.7. The number of nitrogens with zero attached hydrogens (tertiary/aromatic N) is 5. The van der Waals surface area contributed by atoms with Crippen LogP contribution in [-0.4, -0.2) is 72.1 Å². The SMILES string of the molecule is CCCS(=O)(=O)NC1CCC(Nc2nc(N3CCOCC3)cc(-n3c(C(F)F)nc4ccccc43)n2)CC1. The van der Waals surface area contributed by atoms with Gasteiger partial charge in [-0.1, -0.05) is 19.1 Å². The van der Waals surface area contributed by atoms with E-state index >= 15 is 0 Å². The first-order chi connectivity index (χ1) is 18.3. The zero-order chi connectivity index (χ0) is 26.7. The zero-order valence-electron chi connectivity index (χ0n) is 21.3. The molecule has 1 saturated carbocycles. The highest BCUT2D eigenvalue weighted by Gasteiger charge is 2.27. The highest BCUT2D eigenvalue weighted by atomic mass is 32.2. The van der Waals surface area contributed by atoms with Gasteiger partial charge in [-0.25, -0.2) is 26.9 Å².